The third-order valence-electron chi connectivity index (χ3n) is 12.4. The van der Waals surface area contributed by atoms with Crippen molar-refractivity contribution in [1.82, 2.24) is 45.6 Å². The number of amides is 4. The maximum absolute atomic E-state index is 15.6. The lowest BCUT2D eigenvalue weighted by atomic mass is 9.85. The molecular formula is C45H61F4N9O4. The van der Waals surface area contributed by atoms with Gasteiger partial charge in [0.15, 0.2) is 5.82 Å². The zero-order valence-electron chi connectivity index (χ0n) is 36.9. The van der Waals surface area contributed by atoms with Crippen molar-refractivity contribution >= 4 is 45.6 Å². The lowest BCUT2D eigenvalue weighted by Crippen LogP contribution is -2.58. The second-order valence-electron chi connectivity index (χ2n) is 18.0. The van der Waals surface area contributed by atoms with Gasteiger partial charge in [-0.1, -0.05) is 40.5 Å². The number of alkyl halides is 2. The highest BCUT2D eigenvalue weighted by Gasteiger charge is 2.44. The van der Waals surface area contributed by atoms with Crippen LogP contribution in [0.15, 0.2) is 36.4 Å². The summed E-state index contributed by atoms with van der Waals surface area (Å²) in [6, 6.07) is 3.95. The standard InChI is InChI=1S/C45H61F4N9O4/c1-9-10-11-34(54-41(59)24(2)50-7)43(61)56-21-28(48)16-30(56)20-33-32-14-12-26(46)18-35(32)52-38(33)40-53-36-19-27(47)13-15-37(36)58(40)23-31-17-29(49)22-57(31)44(62)39(45(4,5)6)55-42(60)25(3)51-8/h12-15,18-19,24-25,28-31,34,39,50-52H,9-11,16-17,20-23H2,1-8H3,(H,54,59)(H,55,60)/t24-,25-,28-,29-,30-,31-,34-,39+/m0/s1. The number of nitrogens with one attached hydrogen (secondary N) is 5. The molecule has 2 aromatic carbocycles. The van der Waals surface area contributed by atoms with Gasteiger partial charge in [0.05, 0.1) is 47.9 Å². The number of likely N-dealkylation sites (tertiary alicyclic amines) is 2. The topological polar surface area (TPSA) is 156 Å². The number of carbonyl (C=O) groups is 4. The van der Waals surface area contributed by atoms with Crippen molar-refractivity contribution in [1.29, 1.82) is 0 Å². The first-order valence-corrected chi connectivity index (χ1v) is 21.7. The molecule has 17 heteroatoms. The average molecular weight is 868 g/mol. The fourth-order valence-electron chi connectivity index (χ4n) is 8.69. The van der Waals surface area contributed by atoms with E-state index in [1.54, 1.807) is 44.6 Å². The van der Waals surface area contributed by atoms with Crippen molar-refractivity contribution in [2.24, 2.45) is 5.41 Å². The van der Waals surface area contributed by atoms with Gasteiger partial charge in [-0.15, -0.1) is 0 Å². The predicted molar refractivity (Wildman–Crippen MR) is 231 cm³/mol. The third-order valence-corrected chi connectivity index (χ3v) is 12.4. The number of imidazole rings is 1. The number of fused-ring (bicyclic) bond motifs is 2. The molecule has 0 spiro atoms. The number of rotatable bonds is 16. The van der Waals surface area contributed by atoms with Gasteiger partial charge in [0.25, 0.3) is 0 Å². The Kier molecular flexibility index (Phi) is 14.4. The number of benzene rings is 2. The van der Waals surface area contributed by atoms with Gasteiger partial charge < -0.3 is 40.6 Å². The van der Waals surface area contributed by atoms with Crippen LogP contribution in [-0.4, -0.2) is 124 Å². The molecule has 2 aromatic heterocycles. The molecule has 0 bridgehead atoms. The van der Waals surface area contributed by atoms with Gasteiger partial charge in [0, 0.05) is 42.4 Å². The van der Waals surface area contributed by atoms with Gasteiger partial charge in [-0.05, 0) is 82.1 Å². The van der Waals surface area contributed by atoms with E-state index in [1.807, 2.05) is 27.7 Å². The van der Waals surface area contributed by atoms with Gasteiger partial charge in [-0.3, -0.25) is 19.2 Å². The molecule has 0 radical (unpaired) electrons. The predicted octanol–water partition coefficient (Wildman–Crippen LogP) is 5.31. The molecule has 0 unspecified atom stereocenters. The van der Waals surface area contributed by atoms with Crippen LogP contribution in [0.4, 0.5) is 17.6 Å². The van der Waals surface area contributed by atoms with E-state index in [1.165, 1.54) is 34.1 Å². The maximum Gasteiger partial charge on any atom is 0.246 e. The first kappa shape index (κ1) is 46.5. The zero-order valence-corrected chi connectivity index (χ0v) is 36.9. The molecule has 4 amide bonds. The van der Waals surface area contributed by atoms with Crippen molar-refractivity contribution < 1.29 is 36.7 Å². The summed E-state index contributed by atoms with van der Waals surface area (Å²) in [5, 5.41) is 12.1. The van der Waals surface area contributed by atoms with Crippen LogP contribution in [0.3, 0.4) is 0 Å². The summed E-state index contributed by atoms with van der Waals surface area (Å²) < 4.78 is 62.6. The highest BCUT2D eigenvalue weighted by atomic mass is 19.1. The molecule has 6 rings (SSSR count). The fourth-order valence-corrected chi connectivity index (χ4v) is 8.69. The quantitative estimate of drug-likeness (QED) is 0.0958. The normalized spacial score (nSPS) is 21.4. The third kappa shape index (κ3) is 9.93. The molecule has 2 fully saturated rings. The van der Waals surface area contributed by atoms with Crippen molar-refractivity contribution in [2.45, 2.75) is 135 Å². The molecular weight excluding hydrogens is 807 g/mol. The molecule has 8 atom stereocenters. The lowest BCUT2D eigenvalue weighted by molar-refractivity contribution is -0.140. The molecule has 2 aliphatic rings. The van der Waals surface area contributed by atoms with Crippen molar-refractivity contribution in [3.05, 3.63) is 53.6 Å². The van der Waals surface area contributed by atoms with Crippen LogP contribution >= 0.6 is 0 Å². The summed E-state index contributed by atoms with van der Waals surface area (Å²) in [5.41, 5.74) is 1.44. The van der Waals surface area contributed by atoms with Crippen LogP contribution in [0.2, 0.25) is 0 Å². The Hall–Kier alpha value is -5.03. The molecule has 2 saturated heterocycles. The van der Waals surface area contributed by atoms with E-state index in [2.05, 4.69) is 26.3 Å². The minimum atomic E-state index is -1.37. The Morgan fingerprint density at radius 1 is 0.855 bits per heavy atom. The minimum Gasteiger partial charge on any atom is -0.352 e. The molecule has 13 nitrogen and oxygen atoms in total. The second-order valence-corrected chi connectivity index (χ2v) is 18.0. The Labute approximate surface area is 360 Å². The van der Waals surface area contributed by atoms with Crippen molar-refractivity contribution in [3.63, 3.8) is 0 Å². The number of unbranched alkanes of at least 4 members (excludes halogenated alkanes) is 1. The van der Waals surface area contributed by atoms with Gasteiger partial charge in [0.2, 0.25) is 23.6 Å². The number of likely N-dealkylation sites (N-methyl/N-ethyl adjacent to an activating group) is 2. The molecule has 4 aromatic rings. The van der Waals surface area contributed by atoms with E-state index in [0.717, 1.165) is 6.42 Å². The highest BCUT2D eigenvalue weighted by molar-refractivity contribution is 5.93. The summed E-state index contributed by atoms with van der Waals surface area (Å²) in [6.45, 7) is 10.5. The molecule has 2 aliphatic heterocycles. The Balaban J connectivity index is 1.41. The Morgan fingerprint density at radius 3 is 2.08 bits per heavy atom. The van der Waals surface area contributed by atoms with Gasteiger partial charge in [-0.25, -0.2) is 22.5 Å². The van der Waals surface area contributed by atoms with Gasteiger partial charge in [0.1, 0.15) is 36.1 Å². The second kappa shape index (κ2) is 19.2. The minimum absolute atomic E-state index is 0.0116. The van der Waals surface area contributed by atoms with Gasteiger partial charge in [-0.2, -0.15) is 0 Å². The molecule has 5 N–H and O–H groups in total. The van der Waals surface area contributed by atoms with Crippen LogP contribution in [-0.2, 0) is 32.1 Å². The Bertz CT molecular complexity index is 2270. The summed E-state index contributed by atoms with van der Waals surface area (Å²) in [5.74, 6) is -2.35. The average Bonchev–Trinajstić information content (AvgIpc) is 3.98. The molecule has 0 aliphatic carbocycles. The van der Waals surface area contributed by atoms with Crippen molar-refractivity contribution in [3.8, 4) is 11.5 Å². The highest BCUT2D eigenvalue weighted by Crippen LogP contribution is 2.38. The first-order valence-electron chi connectivity index (χ1n) is 21.7. The van der Waals surface area contributed by atoms with E-state index in [0.29, 0.717) is 40.5 Å². The van der Waals surface area contributed by atoms with E-state index >= 15 is 8.78 Å². The zero-order chi connectivity index (χ0) is 45.2. The number of aromatic nitrogens is 3. The number of nitrogens with zero attached hydrogens (tertiary/aromatic N) is 4. The number of hydrogen-bond donors (Lipinski definition) is 5. The largest absolute Gasteiger partial charge is 0.352 e. The molecule has 0 saturated carbocycles. The van der Waals surface area contributed by atoms with Gasteiger partial charge >= 0.3 is 0 Å². The van der Waals surface area contributed by atoms with E-state index < -0.39 is 77.5 Å². The number of H-pyrrole nitrogens is 1. The Morgan fingerprint density at radius 2 is 1.45 bits per heavy atom. The molecule has 4 heterocycles. The fraction of sp³-hybridized carbons (Fsp3) is 0.578. The van der Waals surface area contributed by atoms with Crippen LogP contribution < -0.4 is 21.3 Å². The monoisotopic (exact) mass is 867 g/mol. The number of aromatic amines is 1. The first-order chi connectivity index (χ1) is 29.3. The summed E-state index contributed by atoms with van der Waals surface area (Å²) in [6.07, 6.45) is -0.801. The maximum atomic E-state index is 15.6. The molecule has 338 valence electrons. The number of carbonyl (C=O) groups excluding carboxylic acids is 4. The lowest BCUT2D eigenvalue weighted by Gasteiger charge is -2.36. The van der Waals surface area contributed by atoms with E-state index in [4.69, 9.17) is 4.98 Å². The SMILES string of the molecule is CCCC[C@H](NC(=O)[C@H](C)NC)C(=O)N1C[C@@H](F)C[C@H]1Cc1c(-c2nc3cc(F)ccc3n2C[C@@H]2C[C@H](F)CN2C(=O)[C@@H](NC(=O)[C@H](C)NC)C(C)(C)C)[nH]c2cc(F)ccc12. The smallest absolute Gasteiger partial charge is 0.246 e. The summed E-state index contributed by atoms with van der Waals surface area (Å²) in [4.78, 5) is 65.9. The van der Waals surface area contributed by atoms with E-state index in [9.17, 15) is 28.0 Å². The van der Waals surface area contributed by atoms with Crippen LogP contribution in [0, 0.1) is 17.0 Å². The van der Waals surface area contributed by atoms with Crippen LogP contribution in [0.1, 0.15) is 79.2 Å². The summed E-state index contributed by atoms with van der Waals surface area (Å²) in [7, 11) is 3.28. The van der Waals surface area contributed by atoms with E-state index in [-0.39, 0.29) is 62.1 Å². The molecule has 62 heavy (non-hydrogen) atoms. The number of halogens is 4. The van der Waals surface area contributed by atoms with Crippen molar-refractivity contribution in [2.75, 3.05) is 27.2 Å². The van der Waals surface area contributed by atoms with Crippen LogP contribution in [0.5, 0.6) is 0 Å². The number of hydrogen-bond acceptors (Lipinski definition) is 7. The van der Waals surface area contributed by atoms with Crippen LogP contribution in [0.25, 0.3) is 33.5 Å². The summed E-state index contributed by atoms with van der Waals surface area (Å²) >= 11 is 0.